The Morgan fingerprint density at radius 3 is 2.75 bits per heavy atom. The van der Waals surface area contributed by atoms with Crippen molar-refractivity contribution in [2.75, 3.05) is 25.6 Å². The summed E-state index contributed by atoms with van der Waals surface area (Å²) in [7, 11) is 1.70. The molecular formula is C12H15N3O. The maximum Gasteiger partial charge on any atom is 0.0647 e. The van der Waals surface area contributed by atoms with E-state index < -0.39 is 0 Å². The van der Waals surface area contributed by atoms with Gasteiger partial charge < -0.3 is 10.1 Å². The van der Waals surface area contributed by atoms with Crippen molar-refractivity contribution in [2.24, 2.45) is 0 Å². The number of methoxy groups -OCH3 is 1. The number of aromatic nitrogens is 2. The van der Waals surface area contributed by atoms with Crippen LogP contribution in [0.25, 0.3) is 5.69 Å². The Balaban J connectivity index is 2.00. The van der Waals surface area contributed by atoms with Gasteiger partial charge in [-0.3, -0.25) is 0 Å². The molecular weight excluding hydrogens is 202 g/mol. The molecule has 0 aliphatic carbocycles. The third-order valence-corrected chi connectivity index (χ3v) is 2.27. The van der Waals surface area contributed by atoms with Crippen LogP contribution >= 0.6 is 0 Å². The molecule has 1 N–H and O–H groups in total. The predicted molar refractivity (Wildman–Crippen MR) is 63.9 cm³/mol. The van der Waals surface area contributed by atoms with Crippen molar-refractivity contribution in [3.8, 4) is 5.69 Å². The second-order valence-electron chi connectivity index (χ2n) is 3.42. The van der Waals surface area contributed by atoms with Crippen molar-refractivity contribution >= 4 is 5.69 Å². The smallest absolute Gasteiger partial charge is 0.0647 e. The maximum atomic E-state index is 4.97. The van der Waals surface area contributed by atoms with Crippen molar-refractivity contribution in [1.29, 1.82) is 0 Å². The number of nitrogens with zero attached hydrogens (tertiary/aromatic N) is 2. The summed E-state index contributed by atoms with van der Waals surface area (Å²) in [5.74, 6) is 0. The molecule has 0 radical (unpaired) electrons. The van der Waals surface area contributed by atoms with Gasteiger partial charge in [-0.2, -0.15) is 5.10 Å². The molecule has 1 aromatic carbocycles. The molecule has 2 aromatic rings. The molecule has 1 heterocycles. The van der Waals surface area contributed by atoms with E-state index in [1.165, 1.54) is 0 Å². The quantitative estimate of drug-likeness (QED) is 0.778. The number of benzene rings is 1. The van der Waals surface area contributed by atoms with Crippen molar-refractivity contribution in [3.63, 3.8) is 0 Å². The zero-order valence-corrected chi connectivity index (χ0v) is 9.26. The van der Waals surface area contributed by atoms with E-state index >= 15 is 0 Å². The lowest BCUT2D eigenvalue weighted by Gasteiger charge is -2.06. The van der Waals surface area contributed by atoms with Gasteiger partial charge in [0.05, 0.1) is 12.3 Å². The summed E-state index contributed by atoms with van der Waals surface area (Å²) in [5.41, 5.74) is 2.15. The minimum absolute atomic E-state index is 0.709. The minimum Gasteiger partial charge on any atom is -0.383 e. The van der Waals surface area contributed by atoms with Gasteiger partial charge in [0, 0.05) is 31.7 Å². The van der Waals surface area contributed by atoms with E-state index in [1.807, 2.05) is 41.2 Å². The second-order valence-corrected chi connectivity index (χ2v) is 3.42. The number of rotatable bonds is 5. The highest BCUT2D eigenvalue weighted by atomic mass is 16.5. The highest BCUT2D eigenvalue weighted by Gasteiger charge is 1.96. The minimum atomic E-state index is 0.709. The lowest BCUT2D eigenvalue weighted by molar-refractivity contribution is 0.211. The summed E-state index contributed by atoms with van der Waals surface area (Å²) in [6, 6.07) is 10.0. The average Bonchev–Trinajstić information content (AvgIpc) is 2.84. The van der Waals surface area contributed by atoms with E-state index in [0.717, 1.165) is 17.9 Å². The molecule has 4 heteroatoms. The van der Waals surface area contributed by atoms with Crippen LogP contribution in [0.2, 0.25) is 0 Å². The predicted octanol–water partition coefficient (Wildman–Crippen LogP) is 1.93. The highest BCUT2D eigenvalue weighted by Crippen LogP contribution is 2.11. The van der Waals surface area contributed by atoms with E-state index in [9.17, 15) is 0 Å². The molecule has 1 aromatic heterocycles. The molecule has 0 bridgehead atoms. The molecule has 16 heavy (non-hydrogen) atoms. The first-order valence-corrected chi connectivity index (χ1v) is 5.23. The molecule has 0 unspecified atom stereocenters. The van der Waals surface area contributed by atoms with E-state index in [4.69, 9.17) is 4.74 Å². The van der Waals surface area contributed by atoms with Crippen LogP contribution in [-0.2, 0) is 4.74 Å². The van der Waals surface area contributed by atoms with Gasteiger partial charge in [0.25, 0.3) is 0 Å². The van der Waals surface area contributed by atoms with Gasteiger partial charge in [-0.05, 0) is 30.3 Å². The van der Waals surface area contributed by atoms with Crippen LogP contribution in [0, 0.1) is 0 Å². The molecule has 0 atom stereocenters. The fraction of sp³-hybridized carbons (Fsp3) is 0.250. The number of hydrogen-bond acceptors (Lipinski definition) is 3. The zero-order chi connectivity index (χ0) is 11.2. The monoisotopic (exact) mass is 217 g/mol. The summed E-state index contributed by atoms with van der Waals surface area (Å²) < 4.78 is 6.80. The molecule has 4 nitrogen and oxygen atoms in total. The van der Waals surface area contributed by atoms with Crippen LogP contribution in [0.4, 0.5) is 5.69 Å². The molecule has 0 saturated carbocycles. The number of nitrogens with one attached hydrogen (secondary N) is 1. The Morgan fingerprint density at radius 1 is 1.31 bits per heavy atom. The number of hydrogen-bond donors (Lipinski definition) is 1. The Hall–Kier alpha value is -1.81. The lowest BCUT2D eigenvalue weighted by Crippen LogP contribution is -2.07. The number of ether oxygens (including phenoxy) is 1. The van der Waals surface area contributed by atoms with Crippen LogP contribution in [0.15, 0.2) is 42.7 Å². The summed E-state index contributed by atoms with van der Waals surface area (Å²) in [4.78, 5) is 0. The highest BCUT2D eigenvalue weighted by molar-refractivity contribution is 5.48. The van der Waals surface area contributed by atoms with Crippen LogP contribution in [0.1, 0.15) is 0 Å². The van der Waals surface area contributed by atoms with Gasteiger partial charge in [0.2, 0.25) is 0 Å². The van der Waals surface area contributed by atoms with Crippen LogP contribution in [0.3, 0.4) is 0 Å². The van der Waals surface area contributed by atoms with Crippen LogP contribution < -0.4 is 5.32 Å². The molecule has 0 aliphatic heterocycles. The summed E-state index contributed by atoms with van der Waals surface area (Å²) in [6.07, 6.45) is 3.69. The van der Waals surface area contributed by atoms with Crippen molar-refractivity contribution in [2.45, 2.75) is 0 Å². The SMILES string of the molecule is COCCNc1ccc(-n2cccn2)cc1. The van der Waals surface area contributed by atoms with Crippen LogP contribution in [0.5, 0.6) is 0 Å². The fourth-order valence-corrected chi connectivity index (χ4v) is 1.45. The van der Waals surface area contributed by atoms with E-state index in [-0.39, 0.29) is 0 Å². The van der Waals surface area contributed by atoms with E-state index in [0.29, 0.717) is 6.61 Å². The standard InChI is InChI=1S/C12H15N3O/c1-16-10-8-13-11-3-5-12(6-4-11)15-9-2-7-14-15/h2-7,9,13H,8,10H2,1H3. The van der Waals surface area contributed by atoms with Gasteiger partial charge >= 0.3 is 0 Å². The van der Waals surface area contributed by atoms with Gasteiger partial charge in [-0.25, -0.2) is 4.68 Å². The van der Waals surface area contributed by atoms with Gasteiger partial charge in [0.1, 0.15) is 0 Å². The molecule has 0 saturated heterocycles. The molecule has 0 fully saturated rings. The molecule has 0 spiro atoms. The topological polar surface area (TPSA) is 39.1 Å². The van der Waals surface area contributed by atoms with Crippen molar-refractivity contribution in [3.05, 3.63) is 42.7 Å². The second kappa shape index (κ2) is 5.32. The Morgan fingerprint density at radius 2 is 2.12 bits per heavy atom. The van der Waals surface area contributed by atoms with Crippen molar-refractivity contribution < 1.29 is 4.74 Å². The zero-order valence-electron chi connectivity index (χ0n) is 9.26. The Kier molecular flexibility index (Phi) is 3.56. The first kappa shape index (κ1) is 10.7. The summed E-state index contributed by atoms with van der Waals surface area (Å²) in [6.45, 7) is 1.53. The first-order chi connectivity index (χ1) is 7.90. The molecule has 2 rings (SSSR count). The first-order valence-electron chi connectivity index (χ1n) is 5.23. The van der Waals surface area contributed by atoms with Gasteiger partial charge in [-0.1, -0.05) is 0 Å². The largest absolute Gasteiger partial charge is 0.383 e. The third-order valence-electron chi connectivity index (χ3n) is 2.27. The van der Waals surface area contributed by atoms with E-state index in [2.05, 4.69) is 10.4 Å². The van der Waals surface area contributed by atoms with E-state index in [1.54, 1.807) is 13.3 Å². The normalized spacial score (nSPS) is 10.3. The summed E-state index contributed by atoms with van der Waals surface area (Å²) >= 11 is 0. The van der Waals surface area contributed by atoms with Gasteiger partial charge in [0.15, 0.2) is 0 Å². The van der Waals surface area contributed by atoms with Gasteiger partial charge in [-0.15, -0.1) is 0 Å². The third kappa shape index (κ3) is 2.61. The molecule has 0 amide bonds. The molecule has 84 valence electrons. The Labute approximate surface area is 94.9 Å². The number of anilines is 1. The Bertz CT molecular complexity index is 408. The summed E-state index contributed by atoms with van der Waals surface area (Å²) in [5, 5.41) is 7.43. The lowest BCUT2D eigenvalue weighted by atomic mass is 10.3. The fourth-order valence-electron chi connectivity index (χ4n) is 1.45. The van der Waals surface area contributed by atoms with Crippen LogP contribution in [-0.4, -0.2) is 30.0 Å². The molecule has 0 aliphatic rings. The van der Waals surface area contributed by atoms with Crippen molar-refractivity contribution in [1.82, 2.24) is 9.78 Å². The maximum absolute atomic E-state index is 4.97. The average molecular weight is 217 g/mol.